The zero-order valence-corrected chi connectivity index (χ0v) is 21.0. The predicted molar refractivity (Wildman–Crippen MR) is 126 cm³/mol. The number of halogens is 1. The highest BCUT2D eigenvalue weighted by Gasteiger charge is 2.37. The van der Waals surface area contributed by atoms with Crippen molar-refractivity contribution in [1.29, 1.82) is 0 Å². The number of guanidine groups is 1. The van der Waals surface area contributed by atoms with Crippen LogP contribution < -0.4 is 10.6 Å². The highest BCUT2D eigenvalue weighted by atomic mass is 127. The highest BCUT2D eigenvalue weighted by Crippen LogP contribution is 2.17. The predicted octanol–water partition coefficient (Wildman–Crippen LogP) is 1.60. The minimum absolute atomic E-state index is 0. The molecule has 0 bridgehead atoms. The van der Waals surface area contributed by atoms with Gasteiger partial charge in [0.05, 0.1) is 18.7 Å². The molecule has 0 aromatic carbocycles. The molecule has 2 atom stereocenters. The Kier molecular flexibility index (Phi) is 10.0. The van der Waals surface area contributed by atoms with Gasteiger partial charge in [0.2, 0.25) is 0 Å². The number of carbonyl (C=O) groups is 1. The Labute approximate surface area is 195 Å². The van der Waals surface area contributed by atoms with Crippen molar-refractivity contribution in [3.63, 3.8) is 0 Å². The number of likely N-dealkylation sites (tertiary alicyclic amines) is 1. The summed E-state index contributed by atoms with van der Waals surface area (Å²) in [7, 11) is 3.54. The second-order valence-corrected chi connectivity index (χ2v) is 7.97. The van der Waals surface area contributed by atoms with Crippen LogP contribution in [0.15, 0.2) is 17.6 Å². The van der Waals surface area contributed by atoms with Crippen molar-refractivity contribution < 1.29 is 14.3 Å². The first-order chi connectivity index (χ1) is 13.6. The van der Waals surface area contributed by atoms with Crippen molar-refractivity contribution in [1.82, 2.24) is 30.3 Å². The summed E-state index contributed by atoms with van der Waals surface area (Å²) in [5.74, 6) is 2.17. The third-order valence-corrected chi connectivity index (χ3v) is 4.52. The zero-order chi connectivity index (χ0) is 21.6. The fourth-order valence-electron chi connectivity index (χ4n) is 2.86. The molecule has 30 heavy (non-hydrogen) atoms. The lowest BCUT2D eigenvalue weighted by molar-refractivity contribution is 0.0252. The Morgan fingerprint density at radius 1 is 1.37 bits per heavy atom. The number of aryl methyl sites for hydroxylation is 1. The van der Waals surface area contributed by atoms with E-state index in [0.717, 1.165) is 11.6 Å². The van der Waals surface area contributed by atoms with Gasteiger partial charge in [0.25, 0.3) is 0 Å². The molecule has 1 aromatic rings. The number of hydrogen-bond acceptors (Lipinski definition) is 6. The van der Waals surface area contributed by atoms with E-state index >= 15 is 0 Å². The van der Waals surface area contributed by atoms with Crippen molar-refractivity contribution >= 4 is 36.0 Å². The molecule has 0 aliphatic carbocycles. The van der Waals surface area contributed by atoms with Crippen LogP contribution in [-0.2, 0) is 23.1 Å². The van der Waals surface area contributed by atoms with Crippen LogP contribution in [0.25, 0.3) is 0 Å². The third kappa shape index (κ3) is 7.42. The van der Waals surface area contributed by atoms with Gasteiger partial charge in [0.1, 0.15) is 18.0 Å². The maximum absolute atomic E-state index is 12.4. The Morgan fingerprint density at radius 2 is 2.07 bits per heavy atom. The standard InChI is InChI=1S/C19H33N7O3.HI/c1-8-9-20-17(21-10-16-24-23-13(2)25(16)6)22-14-11-26(12-15(14)28-7)18(27)29-19(3,4)5;/h8,14-15H,1,9-12H2,2-7H3,(H2,20,21,22);1H/t14?,15-;/m0./s1. The number of amides is 1. The van der Waals surface area contributed by atoms with Gasteiger partial charge < -0.3 is 29.6 Å². The van der Waals surface area contributed by atoms with E-state index in [-0.39, 0.29) is 42.2 Å². The molecule has 1 aromatic heterocycles. The normalized spacial score (nSPS) is 19.3. The number of aliphatic imine (C=N–C) groups is 1. The molecule has 10 nitrogen and oxygen atoms in total. The number of hydrogen-bond donors (Lipinski definition) is 2. The smallest absolute Gasteiger partial charge is 0.410 e. The molecule has 170 valence electrons. The number of nitrogens with zero attached hydrogens (tertiary/aromatic N) is 5. The molecule has 0 radical (unpaired) electrons. The van der Waals surface area contributed by atoms with E-state index < -0.39 is 5.60 Å². The fraction of sp³-hybridized carbons (Fsp3) is 0.684. The zero-order valence-electron chi connectivity index (χ0n) is 18.6. The van der Waals surface area contributed by atoms with Crippen molar-refractivity contribution in [2.45, 2.75) is 52.0 Å². The van der Waals surface area contributed by atoms with E-state index in [2.05, 4.69) is 32.4 Å². The number of methoxy groups -OCH3 is 1. The van der Waals surface area contributed by atoms with Gasteiger partial charge in [-0.15, -0.1) is 40.8 Å². The lowest BCUT2D eigenvalue weighted by Gasteiger charge is -2.24. The van der Waals surface area contributed by atoms with Crippen LogP contribution in [0.2, 0.25) is 0 Å². The maximum atomic E-state index is 12.4. The first-order valence-corrected chi connectivity index (χ1v) is 9.66. The van der Waals surface area contributed by atoms with E-state index in [1.54, 1.807) is 18.1 Å². The summed E-state index contributed by atoms with van der Waals surface area (Å²) >= 11 is 0. The van der Waals surface area contributed by atoms with Gasteiger partial charge in [-0.05, 0) is 27.7 Å². The summed E-state index contributed by atoms with van der Waals surface area (Å²) < 4.78 is 13.0. The van der Waals surface area contributed by atoms with Crippen LogP contribution in [0.1, 0.15) is 32.4 Å². The van der Waals surface area contributed by atoms with Crippen molar-refractivity contribution in [3.05, 3.63) is 24.3 Å². The molecule has 1 aliphatic rings. The average Bonchev–Trinajstić information content (AvgIpc) is 3.20. The SMILES string of the molecule is C=CCNC(=NCc1nnc(C)n1C)NC1CN(C(=O)OC(C)(C)C)C[C@@H]1OC.I. The Morgan fingerprint density at radius 3 is 2.60 bits per heavy atom. The number of nitrogens with one attached hydrogen (secondary N) is 2. The third-order valence-electron chi connectivity index (χ3n) is 4.52. The molecule has 0 spiro atoms. The summed E-state index contributed by atoms with van der Waals surface area (Å²) in [4.78, 5) is 18.7. The van der Waals surface area contributed by atoms with E-state index in [1.807, 2.05) is 39.3 Å². The van der Waals surface area contributed by atoms with Crippen LogP contribution in [-0.4, -0.2) is 76.2 Å². The summed E-state index contributed by atoms with van der Waals surface area (Å²) in [5, 5.41) is 14.7. The topological polar surface area (TPSA) is 106 Å². The molecule has 1 unspecified atom stereocenters. The van der Waals surface area contributed by atoms with Gasteiger partial charge in [0.15, 0.2) is 11.8 Å². The lowest BCUT2D eigenvalue weighted by atomic mass is 10.2. The average molecular weight is 535 g/mol. The van der Waals surface area contributed by atoms with Crippen LogP contribution >= 0.6 is 24.0 Å². The molecule has 1 fully saturated rings. The minimum Gasteiger partial charge on any atom is -0.444 e. The van der Waals surface area contributed by atoms with E-state index in [4.69, 9.17) is 9.47 Å². The molecule has 2 N–H and O–H groups in total. The first kappa shape index (κ1) is 26.1. The number of carbonyl (C=O) groups excluding carboxylic acids is 1. The second-order valence-electron chi connectivity index (χ2n) is 7.97. The van der Waals surface area contributed by atoms with Crippen molar-refractivity contribution in [2.24, 2.45) is 12.0 Å². The van der Waals surface area contributed by atoms with E-state index in [0.29, 0.717) is 32.1 Å². The first-order valence-electron chi connectivity index (χ1n) is 9.66. The van der Waals surface area contributed by atoms with Gasteiger partial charge >= 0.3 is 6.09 Å². The molecule has 2 heterocycles. The molecule has 1 saturated heterocycles. The van der Waals surface area contributed by atoms with Gasteiger partial charge in [0, 0.05) is 27.2 Å². The highest BCUT2D eigenvalue weighted by molar-refractivity contribution is 14.0. The van der Waals surface area contributed by atoms with Crippen molar-refractivity contribution in [3.8, 4) is 0 Å². The maximum Gasteiger partial charge on any atom is 0.410 e. The fourth-order valence-corrected chi connectivity index (χ4v) is 2.86. The summed E-state index contributed by atoms with van der Waals surface area (Å²) in [5.41, 5.74) is -0.544. The Bertz CT molecular complexity index is 745. The van der Waals surface area contributed by atoms with Gasteiger partial charge in [-0.3, -0.25) is 0 Å². The summed E-state index contributed by atoms with van der Waals surface area (Å²) in [6.45, 7) is 13.0. The largest absolute Gasteiger partial charge is 0.444 e. The molecule has 11 heteroatoms. The molecule has 2 rings (SSSR count). The molecular weight excluding hydrogens is 501 g/mol. The monoisotopic (exact) mass is 535 g/mol. The van der Waals surface area contributed by atoms with Crippen LogP contribution in [0, 0.1) is 6.92 Å². The Hall–Kier alpha value is -1.89. The quantitative estimate of drug-likeness (QED) is 0.247. The van der Waals surface area contributed by atoms with Crippen molar-refractivity contribution in [2.75, 3.05) is 26.7 Å². The number of rotatable bonds is 6. The minimum atomic E-state index is -0.544. The molecule has 0 saturated carbocycles. The van der Waals surface area contributed by atoms with Gasteiger partial charge in [-0.1, -0.05) is 6.08 Å². The van der Waals surface area contributed by atoms with Crippen LogP contribution in [0.3, 0.4) is 0 Å². The van der Waals surface area contributed by atoms with E-state index in [9.17, 15) is 4.79 Å². The van der Waals surface area contributed by atoms with Gasteiger partial charge in [-0.25, -0.2) is 9.79 Å². The number of aromatic nitrogens is 3. The van der Waals surface area contributed by atoms with Gasteiger partial charge in [-0.2, -0.15) is 0 Å². The number of ether oxygens (including phenoxy) is 2. The molecule has 1 aliphatic heterocycles. The van der Waals surface area contributed by atoms with Crippen LogP contribution in [0.4, 0.5) is 4.79 Å². The van der Waals surface area contributed by atoms with Crippen LogP contribution in [0.5, 0.6) is 0 Å². The molecule has 1 amide bonds. The summed E-state index contributed by atoms with van der Waals surface area (Å²) in [6, 6.07) is -0.134. The second kappa shape index (κ2) is 11.5. The Balaban J connectivity index is 0.00000450. The van der Waals surface area contributed by atoms with E-state index in [1.165, 1.54) is 0 Å². The summed E-state index contributed by atoms with van der Waals surface area (Å²) in [6.07, 6.45) is 1.21. The molecular formula is C19H34IN7O3. The lowest BCUT2D eigenvalue weighted by Crippen LogP contribution is -2.49.